The Bertz CT molecular complexity index is 407. The third-order valence-corrected chi connectivity index (χ3v) is 2.42. The SMILES string of the molecule is COc1ccc(F)cc1CN(C)C(=O)C(C)N. The van der Waals surface area contributed by atoms with E-state index < -0.39 is 6.04 Å². The van der Waals surface area contributed by atoms with E-state index in [1.165, 1.54) is 30.2 Å². The number of nitrogens with zero attached hydrogens (tertiary/aromatic N) is 1. The number of ether oxygens (including phenoxy) is 1. The topological polar surface area (TPSA) is 55.6 Å². The van der Waals surface area contributed by atoms with E-state index >= 15 is 0 Å². The van der Waals surface area contributed by atoms with Gasteiger partial charge in [-0.2, -0.15) is 0 Å². The summed E-state index contributed by atoms with van der Waals surface area (Å²) in [6.45, 7) is 1.88. The number of halogens is 1. The fourth-order valence-corrected chi connectivity index (χ4v) is 1.55. The van der Waals surface area contributed by atoms with Gasteiger partial charge in [0.2, 0.25) is 5.91 Å². The first-order chi connectivity index (χ1) is 7.95. The van der Waals surface area contributed by atoms with Crippen LogP contribution >= 0.6 is 0 Å². The van der Waals surface area contributed by atoms with E-state index in [4.69, 9.17) is 10.5 Å². The van der Waals surface area contributed by atoms with Gasteiger partial charge in [-0.05, 0) is 25.1 Å². The number of hydrogen-bond acceptors (Lipinski definition) is 3. The second-order valence-electron chi connectivity index (χ2n) is 3.94. The van der Waals surface area contributed by atoms with Crippen molar-refractivity contribution in [1.82, 2.24) is 4.90 Å². The molecule has 1 unspecified atom stereocenters. The third kappa shape index (κ3) is 3.42. The lowest BCUT2D eigenvalue weighted by atomic mass is 10.1. The predicted octanol–water partition coefficient (Wildman–Crippen LogP) is 1.14. The van der Waals surface area contributed by atoms with Crippen molar-refractivity contribution in [3.8, 4) is 5.75 Å². The van der Waals surface area contributed by atoms with Gasteiger partial charge in [-0.15, -0.1) is 0 Å². The molecule has 0 bridgehead atoms. The summed E-state index contributed by atoms with van der Waals surface area (Å²) in [6.07, 6.45) is 0. The number of hydrogen-bond donors (Lipinski definition) is 1. The lowest BCUT2D eigenvalue weighted by Crippen LogP contribution is -2.39. The minimum absolute atomic E-state index is 0.198. The van der Waals surface area contributed by atoms with Gasteiger partial charge >= 0.3 is 0 Å². The Morgan fingerprint density at radius 3 is 2.76 bits per heavy atom. The molecule has 1 atom stereocenters. The van der Waals surface area contributed by atoms with Crippen LogP contribution in [0.1, 0.15) is 12.5 Å². The van der Waals surface area contributed by atoms with Crippen molar-refractivity contribution in [2.45, 2.75) is 19.5 Å². The smallest absolute Gasteiger partial charge is 0.239 e. The minimum Gasteiger partial charge on any atom is -0.496 e. The zero-order chi connectivity index (χ0) is 13.0. The molecule has 0 aliphatic carbocycles. The zero-order valence-corrected chi connectivity index (χ0v) is 10.2. The minimum atomic E-state index is -0.570. The molecule has 1 amide bonds. The largest absolute Gasteiger partial charge is 0.496 e. The molecule has 0 saturated carbocycles. The van der Waals surface area contributed by atoms with Crippen LogP contribution in [0.4, 0.5) is 4.39 Å². The van der Waals surface area contributed by atoms with E-state index in [1.807, 2.05) is 0 Å². The Kier molecular flexibility index (Phi) is 4.45. The Hall–Kier alpha value is -1.62. The van der Waals surface area contributed by atoms with Crippen LogP contribution in [0, 0.1) is 5.82 Å². The molecule has 2 N–H and O–H groups in total. The lowest BCUT2D eigenvalue weighted by molar-refractivity contribution is -0.131. The molecular weight excluding hydrogens is 223 g/mol. The van der Waals surface area contributed by atoms with Crippen molar-refractivity contribution in [2.24, 2.45) is 5.73 Å². The van der Waals surface area contributed by atoms with Crippen LogP contribution in [0.25, 0.3) is 0 Å². The lowest BCUT2D eigenvalue weighted by Gasteiger charge is -2.20. The summed E-state index contributed by atoms with van der Waals surface area (Å²) in [5.74, 6) is -0.00511. The quantitative estimate of drug-likeness (QED) is 0.858. The van der Waals surface area contributed by atoms with Crippen molar-refractivity contribution in [1.29, 1.82) is 0 Å². The van der Waals surface area contributed by atoms with Gasteiger partial charge in [0.25, 0.3) is 0 Å². The standard InChI is InChI=1S/C12H17FN2O2/c1-8(14)12(16)15(2)7-9-6-10(13)4-5-11(9)17-3/h4-6,8H,7,14H2,1-3H3. The van der Waals surface area contributed by atoms with Crippen LogP contribution in [0.5, 0.6) is 5.75 Å². The molecule has 0 heterocycles. The van der Waals surface area contributed by atoms with E-state index in [2.05, 4.69) is 0 Å². The highest BCUT2D eigenvalue weighted by Crippen LogP contribution is 2.20. The molecule has 0 aromatic heterocycles. The number of carbonyl (C=O) groups excluding carboxylic acids is 1. The van der Waals surface area contributed by atoms with E-state index in [0.29, 0.717) is 11.3 Å². The van der Waals surface area contributed by atoms with Crippen LogP contribution in [0.3, 0.4) is 0 Å². The van der Waals surface area contributed by atoms with E-state index in [1.54, 1.807) is 14.0 Å². The van der Waals surface area contributed by atoms with Crippen molar-refractivity contribution in [2.75, 3.05) is 14.2 Å². The molecule has 17 heavy (non-hydrogen) atoms. The average Bonchev–Trinajstić information content (AvgIpc) is 2.28. The Morgan fingerprint density at radius 1 is 1.59 bits per heavy atom. The van der Waals surface area contributed by atoms with Crippen molar-refractivity contribution in [3.05, 3.63) is 29.6 Å². The maximum Gasteiger partial charge on any atom is 0.239 e. The summed E-state index contributed by atoms with van der Waals surface area (Å²) < 4.78 is 18.2. The molecule has 5 heteroatoms. The average molecular weight is 240 g/mol. The monoisotopic (exact) mass is 240 g/mol. The van der Waals surface area contributed by atoms with Gasteiger partial charge in [0.05, 0.1) is 13.2 Å². The molecule has 0 fully saturated rings. The van der Waals surface area contributed by atoms with Gasteiger partial charge in [0.1, 0.15) is 11.6 Å². The third-order valence-electron chi connectivity index (χ3n) is 2.42. The highest BCUT2D eigenvalue weighted by Gasteiger charge is 2.15. The number of methoxy groups -OCH3 is 1. The molecule has 1 rings (SSSR count). The normalized spacial score (nSPS) is 12.1. The Morgan fingerprint density at radius 2 is 2.24 bits per heavy atom. The van der Waals surface area contributed by atoms with Gasteiger partial charge in [0, 0.05) is 19.2 Å². The van der Waals surface area contributed by atoms with Gasteiger partial charge in [-0.1, -0.05) is 0 Å². The van der Waals surface area contributed by atoms with Crippen LogP contribution in [0.15, 0.2) is 18.2 Å². The van der Waals surface area contributed by atoms with Crippen LogP contribution < -0.4 is 10.5 Å². The number of nitrogens with two attached hydrogens (primary N) is 1. The first-order valence-electron chi connectivity index (χ1n) is 5.28. The number of rotatable bonds is 4. The van der Waals surface area contributed by atoms with E-state index in [9.17, 15) is 9.18 Å². The summed E-state index contributed by atoms with van der Waals surface area (Å²) in [7, 11) is 3.13. The number of carbonyl (C=O) groups is 1. The second kappa shape index (κ2) is 5.63. The van der Waals surface area contributed by atoms with Crippen LogP contribution in [0.2, 0.25) is 0 Å². The van der Waals surface area contributed by atoms with Crippen molar-refractivity contribution < 1.29 is 13.9 Å². The van der Waals surface area contributed by atoms with Crippen molar-refractivity contribution >= 4 is 5.91 Å². The molecule has 0 radical (unpaired) electrons. The van der Waals surface area contributed by atoms with Gasteiger partial charge in [-0.3, -0.25) is 4.79 Å². The predicted molar refractivity (Wildman–Crippen MR) is 63.1 cm³/mol. The summed E-state index contributed by atoms with van der Waals surface area (Å²) in [6, 6.07) is 3.63. The zero-order valence-electron chi connectivity index (χ0n) is 10.2. The first-order valence-corrected chi connectivity index (χ1v) is 5.28. The number of likely N-dealkylation sites (N-methyl/N-ethyl adjacent to an activating group) is 1. The maximum atomic E-state index is 13.1. The van der Waals surface area contributed by atoms with Gasteiger partial charge < -0.3 is 15.4 Å². The molecule has 0 saturated heterocycles. The van der Waals surface area contributed by atoms with E-state index in [0.717, 1.165) is 0 Å². The fraction of sp³-hybridized carbons (Fsp3) is 0.417. The highest BCUT2D eigenvalue weighted by molar-refractivity contribution is 5.80. The molecule has 0 aliphatic rings. The van der Waals surface area contributed by atoms with Crippen LogP contribution in [-0.4, -0.2) is 31.0 Å². The second-order valence-corrected chi connectivity index (χ2v) is 3.94. The van der Waals surface area contributed by atoms with Crippen molar-refractivity contribution in [3.63, 3.8) is 0 Å². The molecular formula is C12H17FN2O2. The van der Waals surface area contributed by atoms with E-state index in [-0.39, 0.29) is 18.3 Å². The molecule has 0 aliphatic heterocycles. The summed E-state index contributed by atoms with van der Waals surface area (Å²) >= 11 is 0. The van der Waals surface area contributed by atoms with Gasteiger partial charge in [0.15, 0.2) is 0 Å². The molecule has 1 aromatic rings. The highest BCUT2D eigenvalue weighted by atomic mass is 19.1. The maximum absolute atomic E-state index is 13.1. The number of amides is 1. The molecule has 0 spiro atoms. The van der Waals surface area contributed by atoms with Crippen LogP contribution in [-0.2, 0) is 11.3 Å². The summed E-state index contributed by atoms with van der Waals surface area (Å²) in [5.41, 5.74) is 6.11. The molecule has 4 nitrogen and oxygen atoms in total. The summed E-state index contributed by atoms with van der Waals surface area (Å²) in [4.78, 5) is 13.0. The summed E-state index contributed by atoms with van der Waals surface area (Å²) in [5, 5.41) is 0. The molecule has 94 valence electrons. The first kappa shape index (κ1) is 13.4. The van der Waals surface area contributed by atoms with Gasteiger partial charge in [-0.25, -0.2) is 4.39 Å². The number of benzene rings is 1. The Balaban J connectivity index is 2.87. The fourth-order valence-electron chi connectivity index (χ4n) is 1.55. The Labute approximate surface area is 100 Å². The molecule has 1 aromatic carbocycles.